The van der Waals surface area contributed by atoms with Gasteiger partial charge in [0.15, 0.2) is 0 Å². The zero-order valence-electron chi connectivity index (χ0n) is 17.7. The van der Waals surface area contributed by atoms with Gasteiger partial charge in [-0.15, -0.1) is 0 Å². The Labute approximate surface area is 183 Å². The monoisotopic (exact) mass is 438 g/mol. The molecule has 1 fully saturated rings. The molecule has 0 radical (unpaired) electrons. The van der Waals surface area contributed by atoms with Gasteiger partial charge in [-0.1, -0.05) is 17.7 Å². The van der Waals surface area contributed by atoms with Crippen molar-refractivity contribution < 1.29 is 13.2 Å². The topological polar surface area (TPSA) is 75.5 Å². The van der Waals surface area contributed by atoms with Crippen LogP contribution in [-0.2, 0) is 10.0 Å². The molecule has 31 heavy (non-hydrogen) atoms. The number of nitrogens with zero attached hydrogens (tertiary/aromatic N) is 4. The minimum absolute atomic E-state index is 0.0281. The Morgan fingerprint density at radius 1 is 1.03 bits per heavy atom. The fourth-order valence-corrected chi connectivity index (χ4v) is 5.05. The standard InChI is InChI=1S/C23H26N4O3S/c1-18-3-9-22(10-4-18)31(29,30)25(2)20-7-5-19(6-8-20)23(28)26-14-11-21(12-15-26)27-16-13-24-17-27/h3-10,13,16-17,21H,11-12,14-15H2,1-2H3. The predicted molar refractivity (Wildman–Crippen MR) is 120 cm³/mol. The third kappa shape index (κ3) is 4.34. The van der Waals surface area contributed by atoms with Crippen LogP contribution in [0.3, 0.4) is 0 Å². The fraction of sp³-hybridized carbons (Fsp3) is 0.304. The number of rotatable bonds is 5. The number of amides is 1. The number of carbonyl (C=O) groups excluding carboxylic acids is 1. The maximum absolute atomic E-state index is 12.9. The van der Waals surface area contributed by atoms with Gasteiger partial charge in [0.05, 0.1) is 16.9 Å². The summed E-state index contributed by atoms with van der Waals surface area (Å²) in [6.07, 6.45) is 7.33. The molecule has 0 atom stereocenters. The van der Waals surface area contributed by atoms with Crippen LogP contribution < -0.4 is 4.31 Å². The molecule has 2 aromatic carbocycles. The average molecular weight is 439 g/mol. The summed E-state index contributed by atoms with van der Waals surface area (Å²) in [5.41, 5.74) is 2.07. The number of aryl methyl sites for hydroxylation is 1. The zero-order chi connectivity index (χ0) is 22.0. The van der Waals surface area contributed by atoms with Crippen molar-refractivity contribution in [1.82, 2.24) is 14.5 Å². The quantitative estimate of drug-likeness (QED) is 0.611. The van der Waals surface area contributed by atoms with Crippen LogP contribution >= 0.6 is 0 Å². The van der Waals surface area contributed by atoms with Crippen LogP contribution in [0, 0.1) is 6.92 Å². The van der Waals surface area contributed by atoms with E-state index in [1.165, 1.54) is 11.4 Å². The third-order valence-corrected chi connectivity index (χ3v) is 7.66. The van der Waals surface area contributed by atoms with E-state index in [1.807, 2.05) is 24.3 Å². The van der Waals surface area contributed by atoms with Gasteiger partial charge < -0.3 is 9.47 Å². The number of likely N-dealkylation sites (tertiary alicyclic amines) is 1. The number of hydrogen-bond donors (Lipinski definition) is 0. The highest BCUT2D eigenvalue weighted by Gasteiger charge is 2.25. The molecular weight excluding hydrogens is 412 g/mol. The Hall–Kier alpha value is -3.13. The van der Waals surface area contributed by atoms with Crippen molar-refractivity contribution in [1.29, 1.82) is 0 Å². The first-order valence-electron chi connectivity index (χ1n) is 10.3. The van der Waals surface area contributed by atoms with Crippen LogP contribution in [0.4, 0.5) is 5.69 Å². The van der Waals surface area contributed by atoms with Crippen LogP contribution in [0.25, 0.3) is 0 Å². The molecule has 3 aromatic rings. The van der Waals surface area contributed by atoms with Gasteiger partial charge in [0.25, 0.3) is 15.9 Å². The summed E-state index contributed by atoms with van der Waals surface area (Å²) in [6.45, 7) is 3.28. The molecule has 2 heterocycles. The summed E-state index contributed by atoms with van der Waals surface area (Å²) in [5.74, 6) is -0.0281. The molecule has 7 nitrogen and oxygen atoms in total. The van der Waals surface area contributed by atoms with Gasteiger partial charge in [0.2, 0.25) is 0 Å². The number of hydrogen-bond acceptors (Lipinski definition) is 4. The summed E-state index contributed by atoms with van der Waals surface area (Å²) in [4.78, 5) is 19.1. The Bertz CT molecular complexity index is 1130. The molecule has 4 rings (SSSR count). The first-order chi connectivity index (χ1) is 14.9. The number of benzene rings is 2. The third-order valence-electron chi connectivity index (χ3n) is 5.86. The second-order valence-electron chi connectivity index (χ2n) is 7.87. The number of aromatic nitrogens is 2. The normalized spacial score (nSPS) is 15.1. The van der Waals surface area contributed by atoms with E-state index in [1.54, 1.807) is 54.7 Å². The van der Waals surface area contributed by atoms with Crippen molar-refractivity contribution in [2.24, 2.45) is 0 Å². The van der Waals surface area contributed by atoms with E-state index in [0.29, 0.717) is 30.4 Å². The molecule has 0 aliphatic carbocycles. The first kappa shape index (κ1) is 21.1. The van der Waals surface area contributed by atoms with Crippen LogP contribution in [0.2, 0.25) is 0 Å². The minimum atomic E-state index is -3.66. The van der Waals surface area contributed by atoms with Crippen molar-refractivity contribution >= 4 is 21.6 Å². The van der Waals surface area contributed by atoms with E-state index < -0.39 is 10.0 Å². The number of sulfonamides is 1. The minimum Gasteiger partial charge on any atom is -0.338 e. The lowest BCUT2D eigenvalue weighted by molar-refractivity contribution is 0.0694. The lowest BCUT2D eigenvalue weighted by atomic mass is 10.0. The van der Waals surface area contributed by atoms with E-state index in [0.717, 1.165) is 18.4 Å². The Kier molecular flexibility index (Phi) is 5.82. The van der Waals surface area contributed by atoms with Gasteiger partial charge in [0.1, 0.15) is 0 Å². The molecule has 8 heteroatoms. The highest BCUT2D eigenvalue weighted by atomic mass is 32.2. The van der Waals surface area contributed by atoms with Gasteiger partial charge >= 0.3 is 0 Å². The van der Waals surface area contributed by atoms with Gasteiger partial charge in [-0.3, -0.25) is 9.10 Å². The lowest BCUT2D eigenvalue weighted by Crippen LogP contribution is -2.38. The van der Waals surface area contributed by atoms with Crippen molar-refractivity contribution in [3.05, 3.63) is 78.4 Å². The second-order valence-corrected chi connectivity index (χ2v) is 9.83. The highest BCUT2D eigenvalue weighted by molar-refractivity contribution is 7.92. The van der Waals surface area contributed by atoms with Gasteiger partial charge in [0, 0.05) is 44.1 Å². The zero-order valence-corrected chi connectivity index (χ0v) is 18.5. The van der Waals surface area contributed by atoms with E-state index in [2.05, 4.69) is 9.55 Å². The molecule has 0 spiro atoms. The molecule has 1 amide bonds. The first-order valence-corrected chi connectivity index (χ1v) is 11.7. The smallest absolute Gasteiger partial charge is 0.264 e. The summed E-state index contributed by atoms with van der Waals surface area (Å²) in [5, 5.41) is 0. The molecule has 1 saturated heterocycles. The number of anilines is 1. The molecule has 1 aliphatic rings. The summed E-state index contributed by atoms with van der Waals surface area (Å²) < 4.78 is 29.1. The van der Waals surface area contributed by atoms with Crippen LogP contribution in [0.15, 0.2) is 72.1 Å². The van der Waals surface area contributed by atoms with Crippen molar-refractivity contribution in [2.75, 3.05) is 24.4 Å². The Balaban J connectivity index is 1.43. The Morgan fingerprint density at radius 3 is 2.26 bits per heavy atom. The molecule has 1 aromatic heterocycles. The van der Waals surface area contributed by atoms with Crippen molar-refractivity contribution in [3.63, 3.8) is 0 Å². The van der Waals surface area contributed by atoms with E-state index >= 15 is 0 Å². The number of imidazole rings is 1. The van der Waals surface area contributed by atoms with E-state index in [9.17, 15) is 13.2 Å². The Morgan fingerprint density at radius 2 is 1.68 bits per heavy atom. The number of carbonyl (C=O) groups is 1. The molecule has 1 aliphatic heterocycles. The maximum atomic E-state index is 12.9. The van der Waals surface area contributed by atoms with Crippen LogP contribution in [0.1, 0.15) is 34.8 Å². The largest absolute Gasteiger partial charge is 0.338 e. The van der Waals surface area contributed by atoms with Gasteiger partial charge in [-0.05, 0) is 56.2 Å². The average Bonchev–Trinajstić information content (AvgIpc) is 3.34. The summed E-state index contributed by atoms with van der Waals surface area (Å²) in [7, 11) is -2.14. The molecular formula is C23H26N4O3S. The SMILES string of the molecule is Cc1ccc(S(=O)(=O)N(C)c2ccc(C(=O)N3CCC(n4ccnc4)CC3)cc2)cc1. The molecule has 162 valence electrons. The van der Waals surface area contributed by atoms with Gasteiger partial charge in [-0.2, -0.15) is 0 Å². The number of piperidine rings is 1. The van der Waals surface area contributed by atoms with Gasteiger partial charge in [-0.25, -0.2) is 13.4 Å². The molecule has 0 bridgehead atoms. The van der Waals surface area contributed by atoms with E-state index in [-0.39, 0.29) is 10.8 Å². The summed E-state index contributed by atoms with van der Waals surface area (Å²) >= 11 is 0. The maximum Gasteiger partial charge on any atom is 0.264 e. The van der Waals surface area contributed by atoms with Crippen LogP contribution in [0.5, 0.6) is 0 Å². The molecule has 0 N–H and O–H groups in total. The summed E-state index contributed by atoms with van der Waals surface area (Å²) in [6, 6.07) is 13.9. The fourth-order valence-electron chi connectivity index (χ4n) is 3.86. The second kappa shape index (κ2) is 8.55. The van der Waals surface area contributed by atoms with Crippen molar-refractivity contribution in [3.8, 4) is 0 Å². The van der Waals surface area contributed by atoms with Crippen LogP contribution in [-0.4, -0.2) is 48.9 Å². The van der Waals surface area contributed by atoms with Crippen molar-refractivity contribution in [2.45, 2.75) is 30.7 Å². The lowest BCUT2D eigenvalue weighted by Gasteiger charge is -2.32. The highest BCUT2D eigenvalue weighted by Crippen LogP contribution is 2.25. The molecule has 0 saturated carbocycles. The van der Waals surface area contributed by atoms with E-state index in [4.69, 9.17) is 0 Å². The predicted octanol–water partition coefficient (Wildman–Crippen LogP) is 3.49. The molecule has 0 unspecified atom stereocenters.